The Labute approximate surface area is 209 Å². The van der Waals surface area contributed by atoms with E-state index in [2.05, 4.69) is 4.74 Å². The van der Waals surface area contributed by atoms with Crippen molar-refractivity contribution >= 4 is 30.8 Å². The number of alkyl halides is 3. The van der Waals surface area contributed by atoms with Crippen molar-refractivity contribution in [3.63, 3.8) is 0 Å². The molecule has 0 aliphatic heterocycles. The second kappa shape index (κ2) is 13.0. The van der Waals surface area contributed by atoms with Crippen molar-refractivity contribution in [1.29, 1.82) is 0 Å². The van der Waals surface area contributed by atoms with Gasteiger partial charge in [-0.1, -0.05) is 0 Å². The predicted octanol–water partition coefficient (Wildman–Crippen LogP) is 3.97. The summed E-state index contributed by atoms with van der Waals surface area (Å²) in [5.41, 5.74) is 1.18. The molecule has 0 aliphatic rings. The summed E-state index contributed by atoms with van der Waals surface area (Å²) in [6.45, 7) is 4.43. The van der Waals surface area contributed by atoms with Gasteiger partial charge in [0, 0.05) is 0 Å². The number of hydrogen-bond acceptors (Lipinski definition) is 6. The van der Waals surface area contributed by atoms with Crippen LogP contribution in [0.4, 0.5) is 18.0 Å². The third-order valence-corrected chi connectivity index (χ3v) is 6.46. The van der Waals surface area contributed by atoms with Crippen LogP contribution in [0.3, 0.4) is 0 Å². The molecule has 6 nitrogen and oxygen atoms in total. The first-order valence-corrected chi connectivity index (χ1v) is 13.0. The Morgan fingerprint density at radius 2 is 1.54 bits per heavy atom. The van der Waals surface area contributed by atoms with Gasteiger partial charge in [-0.25, -0.2) is 4.79 Å². The molecule has 2 rings (SSSR count). The van der Waals surface area contributed by atoms with Crippen molar-refractivity contribution in [3.05, 3.63) is 59.7 Å². The van der Waals surface area contributed by atoms with Crippen LogP contribution in [0.15, 0.2) is 48.5 Å². The largest absolute Gasteiger partial charge is 0.411 e. The summed E-state index contributed by atoms with van der Waals surface area (Å²) < 4.78 is 58.5. The van der Waals surface area contributed by atoms with Crippen LogP contribution in [0.1, 0.15) is 31.9 Å². The van der Waals surface area contributed by atoms with Crippen molar-refractivity contribution in [2.24, 2.45) is 0 Å². The molecule has 0 spiro atoms. The molecule has 0 heterocycles. The Balaban J connectivity index is 1.82. The van der Waals surface area contributed by atoms with E-state index in [9.17, 15) is 22.8 Å². The number of halogens is 3. The van der Waals surface area contributed by atoms with Crippen LogP contribution in [-0.4, -0.2) is 64.7 Å². The van der Waals surface area contributed by atoms with Crippen molar-refractivity contribution in [3.8, 4) is 5.75 Å². The minimum absolute atomic E-state index is 0.0539. The molecule has 0 fully saturated rings. The molecule has 192 valence electrons. The zero-order valence-corrected chi connectivity index (χ0v) is 22.2. The van der Waals surface area contributed by atoms with Crippen molar-refractivity contribution in [2.75, 3.05) is 20.3 Å². The number of carbonyl (C=O) groups is 2. The quantitative estimate of drug-likeness (QED) is 0.307. The molecule has 0 radical (unpaired) electrons. The Kier molecular flexibility index (Phi) is 10.7. The Bertz CT molecular complexity index is 953. The van der Waals surface area contributed by atoms with Crippen LogP contribution >= 0.6 is 0 Å². The minimum atomic E-state index is -4.54. The monoisotopic (exact) mass is 558 g/mol. The van der Waals surface area contributed by atoms with E-state index in [1.807, 2.05) is 45.0 Å². The molecule has 2 aromatic rings. The Morgan fingerprint density at radius 1 is 0.943 bits per heavy atom. The van der Waals surface area contributed by atoms with Crippen LogP contribution in [0.5, 0.6) is 5.75 Å². The minimum Gasteiger partial charge on any atom is -0.357 e. The summed E-state index contributed by atoms with van der Waals surface area (Å²) >= 11 is -1.02. The average molecular weight is 558 g/mol. The fraction of sp³-hybridized carbons (Fsp3) is 0.440. The van der Waals surface area contributed by atoms with Crippen molar-refractivity contribution in [1.82, 2.24) is 0 Å². The number of esters is 1. The number of methoxy groups -OCH3 is 1. The Hall–Kier alpha value is -2.51. The predicted molar refractivity (Wildman–Crippen MR) is 127 cm³/mol. The van der Waals surface area contributed by atoms with Gasteiger partial charge in [-0.15, -0.1) is 0 Å². The fourth-order valence-corrected chi connectivity index (χ4v) is 4.88. The summed E-state index contributed by atoms with van der Waals surface area (Å²) in [5.74, 6) is -0.276. The molecule has 0 aromatic heterocycles. The summed E-state index contributed by atoms with van der Waals surface area (Å²) in [7, 11) is 1.10. The van der Waals surface area contributed by atoms with E-state index in [1.54, 1.807) is 24.3 Å². The van der Waals surface area contributed by atoms with E-state index in [1.165, 1.54) is 0 Å². The van der Waals surface area contributed by atoms with Gasteiger partial charge in [-0.05, 0) is 0 Å². The normalized spacial score (nSPS) is 13.0. The molecule has 0 saturated carbocycles. The van der Waals surface area contributed by atoms with Gasteiger partial charge in [-0.3, -0.25) is 0 Å². The zero-order chi connectivity index (χ0) is 26.1. The first-order chi connectivity index (χ1) is 16.3. The molecule has 10 heteroatoms. The van der Waals surface area contributed by atoms with E-state index >= 15 is 0 Å². The molecule has 2 unspecified atom stereocenters. The molecule has 0 N–H and O–H groups in total. The van der Waals surface area contributed by atoms with Crippen LogP contribution in [0.2, 0.25) is 0 Å². The van der Waals surface area contributed by atoms with Crippen LogP contribution < -0.4 is 9.09 Å². The second-order valence-electron chi connectivity index (χ2n) is 8.71. The topological polar surface area (TPSA) is 71.1 Å². The van der Waals surface area contributed by atoms with Gasteiger partial charge in [-0.2, -0.15) is 13.2 Å². The van der Waals surface area contributed by atoms with Gasteiger partial charge >= 0.3 is 163 Å². The third kappa shape index (κ3) is 11.6. The van der Waals surface area contributed by atoms with Crippen LogP contribution in [-0.2, 0) is 31.8 Å². The van der Waals surface area contributed by atoms with E-state index in [-0.39, 0.29) is 11.2 Å². The first-order valence-electron chi connectivity index (χ1n) is 10.9. The fourth-order valence-electron chi connectivity index (χ4n) is 2.94. The van der Waals surface area contributed by atoms with E-state index in [0.717, 1.165) is 17.0 Å². The van der Waals surface area contributed by atoms with Gasteiger partial charge in [0.05, 0.1) is 7.11 Å². The maximum atomic E-state index is 12.4. The molecule has 2 aromatic carbocycles. The average Bonchev–Trinajstić information content (AvgIpc) is 2.76. The van der Waals surface area contributed by atoms with E-state index < -0.39 is 46.2 Å². The smallest absolute Gasteiger partial charge is 0.357 e. The summed E-state index contributed by atoms with van der Waals surface area (Å²) in [5, 5.41) is 0. The summed E-state index contributed by atoms with van der Waals surface area (Å²) in [4.78, 5) is 23.7. The van der Waals surface area contributed by atoms with E-state index in [4.69, 9.17) is 14.2 Å². The van der Waals surface area contributed by atoms with Gasteiger partial charge < -0.3 is 9.47 Å². The molecule has 0 aliphatic carbocycles. The molecule has 2 atom stereocenters. The van der Waals surface area contributed by atoms with Crippen molar-refractivity contribution < 1.29 is 41.7 Å². The zero-order valence-electron chi connectivity index (χ0n) is 20.1. The van der Waals surface area contributed by atoms with Crippen LogP contribution in [0, 0.1) is 0 Å². The molecule has 0 saturated heterocycles. The number of ether oxygens (including phenoxy) is 4. The van der Waals surface area contributed by atoms with Gasteiger partial charge in [0.2, 0.25) is 0 Å². The molecule has 0 amide bonds. The number of hydrogen-bond donors (Lipinski definition) is 0. The van der Waals surface area contributed by atoms with Crippen LogP contribution in [0.25, 0.3) is 0 Å². The number of carbonyl (C=O) groups excluding carboxylic acids is 2. The summed E-state index contributed by atoms with van der Waals surface area (Å²) in [6, 6.07) is 14.5. The molecular formula is C25H30AsF3O6. The van der Waals surface area contributed by atoms with Gasteiger partial charge in [0.1, 0.15) is 6.61 Å². The molecule has 0 bridgehead atoms. The van der Waals surface area contributed by atoms with Crippen molar-refractivity contribution in [2.45, 2.75) is 51.5 Å². The standard InChI is InChI=1S/C25H30AsF3O6/c1-24(2,3)35-23(31)26-19-9-5-17(6-10-19)13-14-33-20-11-7-18(8-12-20)15-21(22(30)32-4)34-16-25(27,28)29/h5-12,21,26H,13-16H2,1-4H3. The second-order valence-corrected chi connectivity index (χ2v) is 11.3. The Morgan fingerprint density at radius 3 is 2.09 bits per heavy atom. The molecular weight excluding hydrogens is 528 g/mol. The maximum Gasteiger partial charge on any atom is 0.411 e. The number of benzene rings is 2. The van der Waals surface area contributed by atoms with E-state index in [0.29, 0.717) is 24.3 Å². The maximum absolute atomic E-state index is 12.4. The third-order valence-electron chi connectivity index (χ3n) is 4.52. The van der Waals surface area contributed by atoms with Gasteiger partial charge in [0.15, 0.2) is 6.10 Å². The van der Waals surface area contributed by atoms with Gasteiger partial charge in [0.25, 0.3) is 0 Å². The summed E-state index contributed by atoms with van der Waals surface area (Å²) in [6.07, 6.45) is -5.29. The SMILES string of the molecule is COC(=O)C(Cc1ccc(OCCc2ccc([AsH]C(=O)OC(C)(C)C)cc2)cc1)OCC(F)(F)F. The first kappa shape index (κ1) is 28.7. The number of rotatable bonds is 11. The molecule has 35 heavy (non-hydrogen) atoms.